The molecule has 3 heteroatoms. The summed E-state index contributed by atoms with van der Waals surface area (Å²) in [6.07, 6.45) is 0.460. The van der Waals surface area contributed by atoms with Crippen LogP contribution in [0.3, 0.4) is 0 Å². The van der Waals surface area contributed by atoms with Gasteiger partial charge in [0.2, 0.25) is 0 Å². The number of rotatable bonds is 4. The summed E-state index contributed by atoms with van der Waals surface area (Å²) in [5.74, 6) is 0.273. The molecule has 0 atom stereocenters. The Bertz CT molecular complexity index is 862. The molecule has 0 saturated carbocycles. The van der Waals surface area contributed by atoms with Crippen molar-refractivity contribution in [2.24, 2.45) is 0 Å². The molecule has 0 bridgehead atoms. The van der Waals surface area contributed by atoms with Gasteiger partial charge in [0.15, 0.2) is 17.3 Å². The van der Waals surface area contributed by atoms with Crippen LogP contribution in [0.1, 0.15) is 34.8 Å². The van der Waals surface area contributed by atoms with Gasteiger partial charge in [-0.1, -0.05) is 67.6 Å². The van der Waals surface area contributed by atoms with Crippen molar-refractivity contribution in [3.8, 4) is 11.5 Å². The minimum atomic E-state index is -1.04. The number of carbonyl (C=O) groups excluding carboxylic acids is 1. The molecule has 0 radical (unpaired) electrons. The number of benzene rings is 3. The molecule has 4 rings (SSSR count). The molecule has 124 valence electrons. The lowest BCUT2D eigenvalue weighted by Gasteiger charge is -2.28. The van der Waals surface area contributed by atoms with Gasteiger partial charge in [-0.05, 0) is 18.2 Å². The smallest absolute Gasteiger partial charge is 0.305 e. The number of fused-ring (bicyclic) bond motifs is 1. The van der Waals surface area contributed by atoms with E-state index in [2.05, 4.69) is 0 Å². The van der Waals surface area contributed by atoms with Crippen LogP contribution in [0, 0.1) is 0 Å². The maximum atomic E-state index is 12.0. The predicted molar refractivity (Wildman–Crippen MR) is 96.0 cm³/mol. The Morgan fingerprint density at radius 2 is 1.36 bits per heavy atom. The molecule has 3 nitrogen and oxygen atoms in total. The normalized spacial score (nSPS) is 14.3. The van der Waals surface area contributed by atoms with E-state index in [4.69, 9.17) is 9.47 Å². The van der Waals surface area contributed by atoms with Crippen LogP contribution in [0.15, 0.2) is 78.9 Å². The van der Waals surface area contributed by atoms with Crippen molar-refractivity contribution >= 4 is 5.78 Å². The van der Waals surface area contributed by atoms with Gasteiger partial charge in [0.25, 0.3) is 0 Å². The van der Waals surface area contributed by atoms with Crippen molar-refractivity contribution in [1.82, 2.24) is 0 Å². The summed E-state index contributed by atoms with van der Waals surface area (Å²) in [6, 6.07) is 25.1. The highest BCUT2D eigenvalue weighted by atomic mass is 16.7. The van der Waals surface area contributed by atoms with Crippen molar-refractivity contribution < 1.29 is 14.3 Å². The highest BCUT2D eigenvalue weighted by molar-refractivity contribution is 5.96. The number of ether oxygens (including phenoxy) is 2. The van der Waals surface area contributed by atoms with E-state index < -0.39 is 5.79 Å². The van der Waals surface area contributed by atoms with Crippen LogP contribution in [0.4, 0.5) is 0 Å². The van der Waals surface area contributed by atoms with E-state index in [1.807, 2.05) is 73.7 Å². The summed E-state index contributed by atoms with van der Waals surface area (Å²) < 4.78 is 12.6. The maximum Gasteiger partial charge on any atom is 0.305 e. The van der Waals surface area contributed by atoms with E-state index in [0.29, 0.717) is 23.5 Å². The lowest BCUT2D eigenvalue weighted by molar-refractivity contribution is -0.0459. The monoisotopic (exact) mass is 330 g/mol. The third-order valence-corrected chi connectivity index (χ3v) is 4.40. The minimum absolute atomic E-state index is 0.0864. The zero-order valence-electron chi connectivity index (χ0n) is 13.9. The van der Waals surface area contributed by atoms with Gasteiger partial charge >= 0.3 is 5.79 Å². The molecule has 0 unspecified atom stereocenters. The number of carbonyl (C=O) groups is 1. The van der Waals surface area contributed by atoms with E-state index in [0.717, 1.165) is 11.1 Å². The SMILES string of the molecule is CCC(=O)c1ccc2c(c1)OC(c1ccccc1)(c1ccccc1)O2. The van der Waals surface area contributed by atoms with Gasteiger partial charge < -0.3 is 9.47 Å². The molecule has 0 N–H and O–H groups in total. The van der Waals surface area contributed by atoms with Gasteiger partial charge in [0.1, 0.15) is 0 Å². The molecule has 1 aliphatic rings. The topological polar surface area (TPSA) is 35.5 Å². The van der Waals surface area contributed by atoms with Crippen LogP contribution in [0.2, 0.25) is 0 Å². The summed E-state index contributed by atoms with van der Waals surface area (Å²) in [6.45, 7) is 1.85. The Morgan fingerprint density at radius 1 is 0.800 bits per heavy atom. The molecule has 3 aromatic rings. The van der Waals surface area contributed by atoms with Gasteiger partial charge in [-0.25, -0.2) is 0 Å². The summed E-state index contributed by atoms with van der Waals surface area (Å²) >= 11 is 0. The molecule has 1 aliphatic heterocycles. The van der Waals surface area contributed by atoms with Gasteiger partial charge in [-0.15, -0.1) is 0 Å². The Kier molecular flexibility index (Phi) is 3.77. The lowest BCUT2D eigenvalue weighted by atomic mass is 9.97. The standard InChI is InChI=1S/C22H18O3/c1-2-19(23)16-13-14-20-21(15-16)25-22(24-20,17-9-5-3-6-10-17)18-11-7-4-8-12-18/h3-15H,2H2,1H3. The summed E-state index contributed by atoms with van der Waals surface area (Å²) in [5.41, 5.74) is 2.45. The third-order valence-electron chi connectivity index (χ3n) is 4.40. The third kappa shape index (κ3) is 2.58. The average Bonchev–Trinajstić information content (AvgIpc) is 3.08. The van der Waals surface area contributed by atoms with Gasteiger partial charge in [0.05, 0.1) is 0 Å². The van der Waals surface area contributed by atoms with Crippen LogP contribution >= 0.6 is 0 Å². The first-order chi connectivity index (χ1) is 12.2. The van der Waals surface area contributed by atoms with E-state index >= 15 is 0 Å². The second-order valence-corrected chi connectivity index (χ2v) is 5.99. The summed E-state index contributed by atoms with van der Waals surface area (Å²) in [5, 5.41) is 0. The van der Waals surface area contributed by atoms with Crippen LogP contribution in [-0.2, 0) is 5.79 Å². The number of ketones is 1. The van der Waals surface area contributed by atoms with E-state index in [-0.39, 0.29) is 5.78 Å². The minimum Gasteiger partial charge on any atom is -0.440 e. The molecule has 1 heterocycles. The van der Waals surface area contributed by atoms with E-state index in [9.17, 15) is 4.79 Å². The zero-order chi connectivity index (χ0) is 17.3. The molecule has 0 spiro atoms. The number of hydrogen-bond acceptors (Lipinski definition) is 3. The second kappa shape index (κ2) is 6.10. The second-order valence-electron chi connectivity index (χ2n) is 5.99. The first kappa shape index (κ1) is 15.5. The fourth-order valence-electron chi connectivity index (χ4n) is 3.10. The molecular weight excluding hydrogens is 312 g/mol. The van der Waals surface area contributed by atoms with Gasteiger partial charge in [0, 0.05) is 23.1 Å². The average molecular weight is 330 g/mol. The summed E-state index contributed by atoms with van der Waals surface area (Å²) in [7, 11) is 0. The Morgan fingerprint density at radius 3 is 1.92 bits per heavy atom. The van der Waals surface area contributed by atoms with Crippen molar-refractivity contribution in [1.29, 1.82) is 0 Å². The fraction of sp³-hybridized carbons (Fsp3) is 0.136. The highest BCUT2D eigenvalue weighted by Crippen LogP contribution is 2.47. The van der Waals surface area contributed by atoms with Crippen molar-refractivity contribution in [3.63, 3.8) is 0 Å². The first-order valence-electron chi connectivity index (χ1n) is 8.39. The van der Waals surface area contributed by atoms with Crippen molar-refractivity contribution in [3.05, 3.63) is 95.6 Å². The number of Topliss-reactive ketones (excluding diaryl/α,β-unsaturated/α-hetero) is 1. The number of hydrogen-bond donors (Lipinski definition) is 0. The van der Waals surface area contributed by atoms with Crippen LogP contribution in [0.5, 0.6) is 11.5 Å². The van der Waals surface area contributed by atoms with Gasteiger partial charge in [-0.2, -0.15) is 0 Å². The Balaban J connectivity index is 1.83. The van der Waals surface area contributed by atoms with Crippen molar-refractivity contribution in [2.75, 3.05) is 0 Å². The summed E-state index contributed by atoms with van der Waals surface area (Å²) in [4.78, 5) is 12.0. The molecule has 0 aliphatic carbocycles. The molecule has 0 fully saturated rings. The predicted octanol–water partition coefficient (Wildman–Crippen LogP) is 4.95. The molecule has 25 heavy (non-hydrogen) atoms. The van der Waals surface area contributed by atoms with Gasteiger partial charge in [-0.3, -0.25) is 4.79 Å². The van der Waals surface area contributed by atoms with Crippen LogP contribution in [-0.4, -0.2) is 5.78 Å². The Labute approximate surface area is 146 Å². The molecule has 0 saturated heterocycles. The van der Waals surface area contributed by atoms with E-state index in [1.54, 1.807) is 12.1 Å². The van der Waals surface area contributed by atoms with Crippen LogP contribution in [0.25, 0.3) is 0 Å². The Hall–Kier alpha value is -3.07. The molecule has 0 aromatic heterocycles. The van der Waals surface area contributed by atoms with Crippen molar-refractivity contribution in [2.45, 2.75) is 19.1 Å². The largest absolute Gasteiger partial charge is 0.440 e. The fourth-order valence-corrected chi connectivity index (χ4v) is 3.10. The zero-order valence-corrected chi connectivity index (χ0v) is 13.9. The molecule has 0 amide bonds. The molecular formula is C22H18O3. The van der Waals surface area contributed by atoms with Crippen LogP contribution < -0.4 is 9.47 Å². The lowest BCUT2D eigenvalue weighted by Crippen LogP contribution is -2.36. The molecule has 3 aromatic carbocycles. The maximum absolute atomic E-state index is 12.0. The quantitative estimate of drug-likeness (QED) is 0.635. The highest BCUT2D eigenvalue weighted by Gasteiger charge is 2.45. The first-order valence-corrected chi connectivity index (χ1v) is 8.39. The van der Waals surface area contributed by atoms with E-state index in [1.165, 1.54) is 0 Å².